The van der Waals surface area contributed by atoms with Gasteiger partial charge in [0.25, 0.3) is 0 Å². The van der Waals surface area contributed by atoms with Crippen molar-refractivity contribution in [3.63, 3.8) is 0 Å². The second-order valence-corrected chi connectivity index (χ2v) is 5.28. The van der Waals surface area contributed by atoms with Gasteiger partial charge in [-0.05, 0) is 44.0 Å². The molecule has 0 aliphatic carbocycles. The number of rotatable bonds is 9. The number of aromatic nitrogens is 1. The molecule has 0 fully saturated rings. The minimum atomic E-state index is 0.376. The van der Waals surface area contributed by atoms with Gasteiger partial charge in [-0.25, -0.2) is 0 Å². The van der Waals surface area contributed by atoms with Crippen LogP contribution in [0.2, 0.25) is 0 Å². The second kappa shape index (κ2) is 8.72. The van der Waals surface area contributed by atoms with Crippen molar-refractivity contribution in [2.75, 3.05) is 26.8 Å². The molecule has 114 valence electrons. The van der Waals surface area contributed by atoms with Gasteiger partial charge in [-0.1, -0.05) is 24.3 Å². The summed E-state index contributed by atoms with van der Waals surface area (Å²) in [6.07, 6.45) is 4.90. The van der Waals surface area contributed by atoms with E-state index in [0.29, 0.717) is 6.04 Å². The molecule has 4 heteroatoms. The number of fused-ring (bicyclic) bond motifs is 1. The highest BCUT2D eigenvalue weighted by atomic mass is 16.5. The molecule has 0 spiro atoms. The van der Waals surface area contributed by atoms with Crippen LogP contribution in [0.15, 0.2) is 36.5 Å². The largest absolute Gasteiger partial charge is 0.383 e. The van der Waals surface area contributed by atoms with E-state index in [1.807, 2.05) is 12.3 Å². The van der Waals surface area contributed by atoms with E-state index < -0.39 is 0 Å². The molecule has 0 saturated heterocycles. The van der Waals surface area contributed by atoms with Gasteiger partial charge in [-0.3, -0.25) is 4.98 Å². The number of pyridine rings is 1. The molecule has 0 saturated carbocycles. The average Bonchev–Trinajstić information content (AvgIpc) is 2.53. The highest BCUT2D eigenvalue weighted by Gasteiger charge is 2.08. The van der Waals surface area contributed by atoms with Crippen molar-refractivity contribution in [3.05, 3.63) is 42.1 Å². The van der Waals surface area contributed by atoms with Gasteiger partial charge in [0.1, 0.15) is 0 Å². The van der Waals surface area contributed by atoms with Crippen LogP contribution in [0, 0.1) is 0 Å². The van der Waals surface area contributed by atoms with Crippen molar-refractivity contribution < 1.29 is 4.74 Å². The highest BCUT2D eigenvalue weighted by Crippen LogP contribution is 2.16. The smallest absolute Gasteiger partial charge is 0.0734 e. The molecule has 0 amide bonds. The van der Waals surface area contributed by atoms with Crippen LogP contribution in [-0.4, -0.2) is 37.8 Å². The van der Waals surface area contributed by atoms with Crippen LogP contribution in [0.5, 0.6) is 0 Å². The van der Waals surface area contributed by atoms with E-state index >= 15 is 0 Å². The zero-order chi connectivity index (χ0) is 14.9. The SMILES string of the molecule is COCC(CCCN)NCCc1cccc2cccnc12. The van der Waals surface area contributed by atoms with Crippen LogP contribution in [-0.2, 0) is 11.2 Å². The Bertz CT molecular complexity index is 539. The molecule has 3 N–H and O–H groups in total. The van der Waals surface area contributed by atoms with Gasteiger partial charge in [0, 0.05) is 24.7 Å². The van der Waals surface area contributed by atoms with Crippen molar-refractivity contribution in [1.29, 1.82) is 0 Å². The minimum Gasteiger partial charge on any atom is -0.383 e. The summed E-state index contributed by atoms with van der Waals surface area (Å²) in [7, 11) is 1.74. The summed E-state index contributed by atoms with van der Waals surface area (Å²) in [5.41, 5.74) is 7.97. The number of hydrogen-bond donors (Lipinski definition) is 2. The lowest BCUT2D eigenvalue weighted by molar-refractivity contribution is 0.162. The Kier molecular flexibility index (Phi) is 6.60. The Hall–Kier alpha value is -1.49. The molecule has 2 aromatic rings. The lowest BCUT2D eigenvalue weighted by Crippen LogP contribution is -2.35. The third kappa shape index (κ3) is 4.77. The first kappa shape index (κ1) is 15.9. The lowest BCUT2D eigenvalue weighted by atomic mass is 10.1. The molecule has 0 radical (unpaired) electrons. The van der Waals surface area contributed by atoms with Gasteiger partial charge >= 0.3 is 0 Å². The highest BCUT2D eigenvalue weighted by molar-refractivity contribution is 5.81. The van der Waals surface area contributed by atoms with E-state index in [2.05, 4.69) is 34.6 Å². The second-order valence-electron chi connectivity index (χ2n) is 5.28. The summed E-state index contributed by atoms with van der Waals surface area (Å²) in [4.78, 5) is 4.50. The molecule has 1 unspecified atom stereocenters. The van der Waals surface area contributed by atoms with Gasteiger partial charge < -0.3 is 15.8 Å². The van der Waals surface area contributed by atoms with Gasteiger partial charge in [-0.2, -0.15) is 0 Å². The van der Waals surface area contributed by atoms with E-state index in [1.165, 1.54) is 10.9 Å². The zero-order valence-electron chi connectivity index (χ0n) is 12.7. The van der Waals surface area contributed by atoms with Crippen molar-refractivity contribution in [2.24, 2.45) is 5.73 Å². The summed E-state index contributed by atoms with van der Waals surface area (Å²) < 4.78 is 5.26. The van der Waals surface area contributed by atoms with Crippen molar-refractivity contribution >= 4 is 10.9 Å². The van der Waals surface area contributed by atoms with Gasteiger partial charge in [0.05, 0.1) is 12.1 Å². The van der Waals surface area contributed by atoms with E-state index in [1.54, 1.807) is 7.11 Å². The third-order valence-electron chi connectivity index (χ3n) is 3.67. The Morgan fingerprint density at radius 3 is 2.95 bits per heavy atom. The topological polar surface area (TPSA) is 60.2 Å². The van der Waals surface area contributed by atoms with Crippen molar-refractivity contribution in [1.82, 2.24) is 10.3 Å². The Morgan fingerprint density at radius 2 is 2.14 bits per heavy atom. The van der Waals surface area contributed by atoms with E-state index in [-0.39, 0.29) is 0 Å². The number of ether oxygens (including phenoxy) is 1. The average molecular weight is 287 g/mol. The van der Waals surface area contributed by atoms with Crippen molar-refractivity contribution in [3.8, 4) is 0 Å². The molecule has 1 aromatic heterocycles. The predicted octanol–water partition coefficient (Wildman–Crippen LogP) is 2.12. The molecule has 1 atom stereocenters. The Labute approximate surface area is 126 Å². The fraction of sp³-hybridized carbons (Fsp3) is 0.471. The van der Waals surface area contributed by atoms with Gasteiger partial charge in [0.2, 0.25) is 0 Å². The molecular formula is C17H25N3O. The van der Waals surface area contributed by atoms with Crippen LogP contribution in [0.25, 0.3) is 10.9 Å². The molecule has 1 aromatic carbocycles. The van der Waals surface area contributed by atoms with Crippen LogP contribution in [0.4, 0.5) is 0 Å². The van der Waals surface area contributed by atoms with E-state index in [4.69, 9.17) is 10.5 Å². The first-order valence-electron chi connectivity index (χ1n) is 7.60. The van der Waals surface area contributed by atoms with Gasteiger partial charge in [-0.15, -0.1) is 0 Å². The summed E-state index contributed by atoms with van der Waals surface area (Å²) in [6.45, 7) is 2.39. The minimum absolute atomic E-state index is 0.376. The maximum atomic E-state index is 5.58. The first-order valence-corrected chi connectivity index (χ1v) is 7.60. The zero-order valence-corrected chi connectivity index (χ0v) is 12.7. The fourth-order valence-electron chi connectivity index (χ4n) is 2.59. The number of methoxy groups -OCH3 is 1. The summed E-state index contributed by atoms with van der Waals surface area (Å²) in [5.74, 6) is 0. The normalized spacial score (nSPS) is 12.7. The van der Waals surface area contributed by atoms with Crippen LogP contribution >= 0.6 is 0 Å². The molecule has 4 nitrogen and oxygen atoms in total. The number of nitrogens with one attached hydrogen (secondary N) is 1. The molecular weight excluding hydrogens is 262 g/mol. The van der Waals surface area contributed by atoms with Crippen LogP contribution in [0.3, 0.4) is 0 Å². The standard InChI is InChI=1S/C17H25N3O/c1-21-13-16(8-3-10-18)19-12-9-15-6-2-5-14-7-4-11-20-17(14)15/h2,4-7,11,16,19H,3,8-10,12-13,18H2,1H3. The number of nitrogens with zero attached hydrogens (tertiary/aromatic N) is 1. The number of benzene rings is 1. The maximum absolute atomic E-state index is 5.58. The molecule has 0 aliphatic rings. The molecule has 0 bridgehead atoms. The summed E-state index contributed by atoms with van der Waals surface area (Å²) in [5, 5.41) is 4.76. The van der Waals surface area contributed by atoms with E-state index in [0.717, 1.165) is 44.5 Å². The molecule has 0 aliphatic heterocycles. The van der Waals surface area contributed by atoms with Crippen LogP contribution < -0.4 is 11.1 Å². The van der Waals surface area contributed by atoms with E-state index in [9.17, 15) is 0 Å². The maximum Gasteiger partial charge on any atom is 0.0734 e. The first-order chi connectivity index (χ1) is 10.3. The number of hydrogen-bond acceptors (Lipinski definition) is 4. The molecule has 21 heavy (non-hydrogen) atoms. The quantitative estimate of drug-likeness (QED) is 0.741. The van der Waals surface area contributed by atoms with Crippen molar-refractivity contribution in [2.45, 2.75) is 25.3 Å². The third-order valence-corrected chi connectivity index (χ3v) is 3.67. The molecule has 2 rings (SSSR count). The Morgan fingerprint density at radius 1 is 1.29 bits per heavy atom. The monoisotopic (exact) mass is 287 g/mol. The fourth-order valence-corrected chi connectivity index (χ4v) is 2.59. The summed E-state index contributed by atoms with van der Waals surface area (Å²) in [6, 6.07) is 10.8. The lowest BCUT2D eigenvalue weighted by Gasteiger charge is -2.17. The predicted molar refractivity (Wildman–Crippen MR) is 87.4 cm³/mol. The molecule has 1 heterocycles. The Balaban J connectivity index is 1.91. The number of nitrogens with two attached hydrogens (primary N) is 1. The van der Waals surface area contributed by atoms with Crippen LogP contribution in [0.1, 0.15) is 18.4 Å². The van der Waals surface area contributed by atoms with Gasteiger partial charge in [0.15, 0.2) is 0 Å². The number of para-hydroxylation sites is 1. The summed E-state index contributed by atoms with van der Waals surface area (Å²) >= 11 is 0.